The molecule has 4 heteroatoms. The van der Waals surface area contributed by atoms with Gasteiger partial charge in [-0.1, -0.05) is 44.2 Å². The van der Waals surface area contributed by atoms with E-state index in [0.29, 0.717) is 12.3 Å². The SMILES string of the molecule is CC(C)CC[C@@H](O)[C@@H](N)c1cccc(Oc2ccccc2)c1.Cl. The van der Waals surface area contributed by atoms with Gasteiger partial charge in [0.15, 0.2) is 0 Å². The van der Waals surface area contributed by atoms with Crippen molar-refractivity contribution in [3.05, 3.63) is 60.2 Å². The number of nitrogens with two attached hydrogens (primary N) is 1. The maximum Gasteiger partial charge on any atom is 0.127 e. The summed E-state index contributed by atoms with van der Waals surface area (Å²) < 4.78 is 5.81. The fraction of sp³-hybridized carbons (Fsp3) is 0.368. The van der Waals surface area contributed by atoms with E-state index in [4.69, 9.17) is 10.5 Å². The van der Waals surface area contributed by atoms with Gasteiger partial charge in [-0.15, -0.1) is 12.4 Å². The minimum Gasteiger partial charge on any atom is -0.457 e. The number of halogens is 1. The normalized spacial score (nSPS) is 13.3. The Labute approximate surface area is 144 Å². The molecule has 0 heterocycles. The highest BCUT2D eigenvalue weighted by molar-refractivity contribution is 5.85. The molecule has 0 fully saturated rings. The van der Waals surface area contributed by atoms with Gasteiger partial charge in [-0.05, 0) is 48.6 Å². The van der Waals surface area contributed by atoms with Crippen LogP contribution in [0.15, 0.2) is 54.6 Å². The Balaban J connectivity index is 0.00000264. The number of hydrogen-bond donors (Lipinski definition) is 2. The summed E-state index contributed by atoms with van der Waals surface area (Å²) >= 11 is 0. The third kappa shape index (κ3) is 6.22. The van der Waals surface area contributed by atoms with Gasteiger partial charge in [-0.2, -0.15) is 0 Å². The first-order valence-corrected chi connectivity index (χ1v) is 7.83. The van der Waals surface area contributed by atoms with Crippen LogP contribution in [0.4, 0.5) is 0 Å². The molecule has 2 rings (SSSR count). The first-order valence-electron chi connectivity index (χ1n) is 7.83. The zero-order valence-electron chi connectivity index (χ0n) is 13.7. The number of aliphatic hydroxyl groups excluding tert-OH is 1. The molecule has 0 unspecified atom stereocenters. The lowest BCUT2D eigenvalue weighted by molar-refractivity contribution is 0.128. The van der Waals surface area contributed by atoms with Crippen LogP contribution in [0.3, 0.4) is 0 Å². The Kier molecular flexibility index (Phi) is 8.10. The summed E-state index contributed by atoms with van der Waals surface area (Å²) in [5.41, 5.74) is 7.07. The number of benzene rings is 2. The summed E-state index contributed by atoms with van der Waals surface area (Å²) in [5.74, 6) is 2.08. The standard InChI is InChI=1S/C19H25NO2.ClH/c1-14(2)11-12-18(21)19(20)15-7-6-10-17(13-15)22-16-8-4-3-5-9-16;/h3-10,13-14,18-19,21H,11-12,20H2,1-2H3;1H/t18-,19+;/m1./s1. The number of rotatable bonds is 7. The Morgan fingerprint density at radius 1 is 0.957 bits per heavy atom. The first-order chi connectivity index (χ1) is 10.6. The van der Waals surface area contributed by atoms with Gasteiger partial charge < -0.3 is 15.6 Å². The van der Waals surface area contributed by atoms with E-state index in [1.54, 1.807) is 0 Å². The quantitative estimate of drug-likeness (QED) is 0.771. The maximum atomic E-state index is 10.2. The van der Waals surface area contributed by atoms with Gasteiger partial charge in [0.1, 0.15) is 11.5 Å². The molecule has 0 aliphatic carbocycles. The molecule has 0 aliphatic heterocycles. The number of para-hydroxylation sites is 1. The van der Waals surface area contributed by atoms with Crippen LogP contribution in [-0.4, -0.2) is 11.2 Å². The molecule has 2 atom stereocenters. The predicted molar refractivity (Wildman–Crippen MR) is 97.2 cm³/mol. The van der Waals surface area contributed by atoms with Crippen LogP contribution in [0.2, 0.25) is 0 Å². The van der Waals surface area contributed by atoms with Crippen molar-refractivity contribution in [2.45, 2.75) is 38.8 Å². The van der Waals surface area contributed by atoms with Crippen LogP contribution in [0.5, 0.6) is 11.5 Å². The molecular formula is C19H26ClNO2. The Morgan fingerprint density at radius 2 is 1.61 bits per heavy atom. The molecule has 0 aromatic heterocycles. The fourth-order valence-electron chi connectivity index (χ4n) is 2.32. The molecule has 2 aromatic carbocycles. The Hall–Kier alpha value is -1.55. The topological polar surface area (TPSA) is 55.5 Å². The van der Waals surface area contributed by atoms with Crippen molar-refractivity contribution in [3.8, 4) is 11.5 Å². The van der Waals surface area contributed by atoms with E-state index in [-0.39, 0.29) is 12.4 Å². The molecule has 23 heavy (non-hydrogen) atoms. The van der Waals surface area contributed by atoms with Crippen molar-refractivity contribution in [2.24, 2.45) is 11.7 Å². The summed E-state index contributed by atoms with van der Waals surface area (Å²) in [7, 11) is 0. The molecule has 126 valence electrons. The summed E-state index contributed by atoms with van der Waals surface area (Å²) in [6.07, 6.45) is 1.15. The van der Waals surface area contributed by atoms with Gasteiger partial charge in [-0.25, -0.2) is 0 Å². The molecular weight excluding hydrogens is 310 g/mol. The minimum absolute atomic E-state index is 0. The summed E-state index contributed by atoms with van der Waals surface area (Å²) in [5, 5.41) is 10.2. The minimum atomic E-state index is -0.533. The van der Waals surface area contributed by atoms with Crippen molar-refractivity contribution in [1.29, 1.82) is 0 Å². The van der Waals surface area contributed by atoms with Crippen LogP contribution in [0, 0.1) is 5.92 Å². The molecule has 2 aromatic rings. The monoisotopic (exact) mass is 335 g/mol. The summed E-state index contributed by atoms with van der Waals surface area (Å²) in [6.45, 7) is 4.29. The third-order valence-corrected chi connectivity index (χ3v) is 3.68. The van der Waals surface area contributed by atoms with Crippen molar-refractivity contribution < 1.29 is 9.84 Å². The van der Waals surface area contributed by atoms with Crippen molar-refractivity contribution >= 4 is 12.4 Å². The van der Waals surface area contributed by atoms with E-state index in [1.165, 1.54) is 0 Å². The zero-order chi connectivity index (χ0) is 15.9. The van der Waals surface area contributed by atoms with Crippen molar-refractivity contribution in [1.82, 2.24) is 0 Å². The highest BCUT2D eigenvalue weighted by Gasteiger charge is 2.17. The largest absolute Gasteiger partial charge is 0.457 e. The van der Waals surface area contributed by atoms with Crippen LogP contribution in [-0.2, 0) is 0 Å². The van der Waals surface area contributed by atoms with Gasteiger partial charge in [0, 0.05) is 0 Å². The van der Waals surface area contributed by atoms with Crippen LogP contribution < -0.4 is 10.5 Å². The van der Waals surface area contributed by atoms with Crippen molar-refractivity contribution in [2.75, 3.05) is 0 Å². The second-order valence-electron chi connectivity index (χ2n) is 6.05. The lowest BCUT2D eigenvalue weighted by Crippen LogP contribution is -2.26. The second-order valence-corrected chi connectivity index (χ2v) is 6.05. The lowest BCUT2D eigenvalue weighted by Gasteiger charge is -2.20. The van der Waals surface area contributed by atoms with Crippen molar-refractivity contribution in [3.63, 3.8) is 0 Å². The van der Waals surface area contributed by atoms with Gasteiger partial charge >= 0.3 is 0 Å². The maximum absolute atomic E-state index is 10.2. The average Bonchev–Trinajstić information content (AvgIpc) is 2.53. The number of aliphatic hydroxyl groups is 1. The van der Waals surface area contributed by atoms with E-state index in [9.17, 15) is 5.11 Å². The van der Waals surface area contributed by atoms with E-state index in [1.807, 2.05) is 54.6 Å². The molecule has 0 amide bonds. The van der Waals surface area contributed by atoms with E-state index < -0.39 is 12.1 Å². The smallest absolute Gasteiger partial charge is 0.127 e. The van der Waals surface area contributed by atoms with Gasteiger partial charge in [0.2, 0.25) is 0 Å². The first kappa shape index (κ1) is 19.5. The number of hydrogen-bond acceptors (Lipinski definition) is 3. The van der Waals surface area contributed by atoms with Crippen LogP contribution in [0.25, 0.3) is 0 Å². The van der Waals surface area contributed by atoms with Gasteiger partial charge in [0.25, 0.3) is 0 Å². The molecule has 0 saturated carbocycles. The predicted octanol–water partition coefficient (Wildman–Crippen LogP) is 4.70. The summed E-state index contributed by atoms with van der Waals surface area (Å²) in [4.78, 5) is 0. The zero-order valence-corrected chi connectivity index (χ0v) is 14.5. The molecule has 0 radical (unpaired) electrons. The Morgan fingerprint density at radius 3 is 2.26 bits per heavy atom. The van der Waals surface area contributed by atoms with Crippen LogP contribution in [0.1, 0.15) is 38.3 Å². The molecule has 0 aliphatic rings. The van der Waals surface area contributed by atoms with Gasteiger partial charge in [0.05, 0.1) is 12.1 Å². The molecule has 0 bridgehead atoms. The van der Waals surface area contributed by atoms with Gasteiger partial charge in [-0.3, -0.25) is 0 Å². The second kappa shape index (κ2) is 9.56. The Bertz CT molecular complexity index is 575. The molecule has 3 N–H and O–H groups in total. The molecule has 0 spiro atoms. The van der Waals surface area contributed by atoms with Crippen LogP contribution >= 0.6 is 12.4 Å². The highest BCUT2D eigenvalue weighted by Crippen LogP contribution is 2.26. The molecule has 3 nitrogen and oxygen atoms in total. The fourth-order valence-corrected chi connectivity index (χ4v) is 2.32. The summed E-state index contributed by atoms with van der Waals surface area (Å²) in [6, 6.07) is 16.9. The van der Waals surface area contributed by atoms with E-state index in [0.717, 1.165) is 23.5 Å². The third-order valence-electron chi connectivity index (χ3n) is 3.68. The molecule has 0 saturated heterocycles. The lowest BCUT2D eigenvalue weighted by atomic mass is 9.96. The average molecular weight is 336 g/mol. The highest BCUT2D eigenvalue weighted by atomic mass is 35.5. The number of ether oxygens (including phenoxy) is 1. The van der Waals surface area contributed by atoms with E-state index in [2.05, 4.69) is 13.8 Å². The van der Waals surface area contributed by atoms with E-state index >= 15 is 0 Å².